The van der Waals surface area contributed by atoms with E-state index in [2.05, 4.69) is 26.0 Å². The fourth-order valence-electron chi connectivity index (χ4n) is 4.07. The summed E-state index contributed by atoms with van der Waals surface area (Å²) < 4.78 is 71.0. The van der Waals surface area contributed by atoms with Gasteiger partial charge in [0.2, 0.25) is 0 Å². The second-order valence-corrected chi connectivity index (χ2v) is 8.88. The molecule has 2 aromatic rings. The summed E-state index contributed by atoms with van der Waals surface area (Å²) in [6.45, 7) is 2.29. The highest BCUT2D eigenvalue weighted by atomic mass is 35.5. The lowest BCUT2D eigenvalue weighted by Gasteiger charge is -2.29. The number of hydrogen-bond acceptors (Lipinski definition) is 7. The van der Waals surface area contributed by atoms with E-state index in [4.69, 9.17) is 22.1 Å². The van der Waals surface area contributed by atoms with Crippen molar-refractivity contribution >= 4 is 40.3 Å². The number of hydrogen-bond donors (Lipinski definition) is 4. The average Bonchev–Trinajstić information content (AvgIpc) is 3.26. The molecule has 1 aromatic carbocycles. The molecule has 4 rings (SSSR count). The van der Waals surface area contributed by atoms with Gasteiger partial charge in [0.05, 0.1) is 12.1 Å². The molecule has 2 unspecified atom stereocenters. The van der Waals surface area contributed by atoms with Crippen molar-refractivity contribution in [2.75, 3.05) is 6.61 Å². The summed E-state index contributed by atoms with van der Waals surface area (Å²) in [5, 5.41) is 12.6. The third-order valence-electron chi connectivity index (χ3n) is 5.93. The van der Waals surface area contributed by atoms with Crippen LogP contribution < -0.4 is 21.7 Å². The van der Waals surface area contributed by atoms with Crippen LogP contribution in [0.4, 0.5) is 26.7 Å². The topological polar surface area (TPSA) is 136 Å². The minimum absolute atomic E-state index is 0.0144. The van der Waals surface area contributed by atoms with E-state index in [1.165, 1.54) is 25.1 Å². The summed E-state index contributed by atoms with van der Waals surface area (Å²) in [6, 6.07) is 4.35. The number of halogens is 6. The first kappa shape index (κ1) is 26.6. The molecule has 0 saturated carbocycles. The number of amidine groups is 1. The molecule has 0 spiro atoms. The Balaban J connectivity index is 1.68. The summed E-state index contributed by atoms with van der Waals surface area (Å²) in [4.78, 5) is 29.1. The second kappa shape index (κ2) is 9.13. The zero-order chi connectivity index (χ0) is 27.3. The molecule has 0 radical (unpaired) electrons. The molecule has 1 aromatic heterocycles. The number of rotatable bonds is 6. The van der Waals surface area contributed by atoms with E-state index >= 15 is 0 Å². The molecule has 3 heterocycles. The number of aryl methyl sites for hydroxylation is 1. The first-order chi connectivity index (χ1) is 17.2. The van der Waals surface area contributed by atoms with Crippen LogP contribution in [0.1, 0.15) is 26.0 Å². The van der Waals surface area contributed by atoms with E-state index in [1.54, 1.807) is 6.92 Å². The highest BCUT2D eigenvalue weighted by molar-refractivity contribution is 6.31. The van der Waals surface area contributed by atoms with E-state index in [0.717, 1.165) is 4.68 Å². The minimum Gasteiger partial charge on any atom is -0.450 e. The Morgan fingerprint density at radius 2 is 2.00 bits per heavy atom. The van der Waals surface area contributed by atoms with Crippen LogP contribution in [0, 0.1) is 0 Å². The first-order valence-corrected chi connectivity index (χ1v) is 11.3. The van der Waals surface area contributed by atoms with E-state index in [9.17, 15) is 31.5 Å². The number of aliphatic imine (C=N–C) groups is 1. The number of alkyl halides is 5. The Morgan fingerprint density at radius 1 is 1.30 bits per heavy atom. The van der Waals surface area contributed by atoms with Crippen molar-refractivity contribution in [2.24, 2.45) is 10.7 Å². The summed E-state index contributed by atoms with van der Waals surface area (Å²) >= 11 is 6.02. The number of aromatic nitrogens is 2. The minimum atomic E-state index is -5.72. The van der Waals surface area contributed by atoms with E-state index < -0.39 is 48.8 Å². The molecule has 37 heavy (non-hydrogen) atoms. The monoisotopic (exact) mass is 549 g/mol. The van der Waals surface area contributed by atoms with E-state index in [0.29, 0.717) is 5.39 Å². The number of ether oxygens (including phenoxy) is 1. The van der Waals surface area contributed by atoms with Crippen molar-refractivity contribution in [2.45, 2.75) is 50.6 Å². The second-order valence-electron chi connectivity index (χ2n) is 8.45. The maximum Gasteiger partial charge on any atom is 0.453 e. The number of nitrogens with two attached hydrogens (primary N) is 1. The Morgan fingerprint density at radius 3 is 2.65 bits per heavy atom. The molecule has 2 atom stereocenters. The molecule has 16 heteroatoms. The number of nitrogens with one attached hydrogen (secondary N) is 3. The normalized spacial score (nSPS) is 21.9. The quantitative estimate of drug-likeness (QED) is 0.409. The van der Waals surface area contributed by atoms with Gasteiger partial charge in [0.15, 0.2) is 5.84 Å². The van der Waals surface area contributed by atoms with Gasteiger partial charge in [0.25, 0.3) is 5.91 Å². The molecular weight excluding hydrogens is 529 g/mol. The highest BCUT2D eigenvalue weighted by Gasteiger charge is 2.57. The van der Waals surface area contributed by atoms with Gasteiger partial charge in [-0.3, -0.25) is 9.48 Å². The SMILES string of the molecule is CCOC(=O)NC1(C)C(=O)NC2=C1C(N)N=C(c1nn(CCC(F)(F)C(F)(F)F)c3cc(Cl)ccc13)N2. The molecule has 2 amide bonds. The van der Waals surface area contributed by atoms with Crippen LogP contribution in [0.2, 0.25) is 5.02 Å². The number of nitrogens with zero attached hydrogens (tertiary/aromatic N) is 3. The van der Waals surface area contributed by atoms with Crippen molar-refractivity contribution < 1.29 is 36.3 Å². The van der Waals surface area contributed by atoms with Gasteiger partial charge in [-0.2, -0.15) is 27.1 Å². The molecule has 0 aliphatic carbocycles. The number of amides is 2. The molecular formula is C21H21ClF5N7O3. The van der Waals surface area contributed by atoms with Gasteiger partial charge in [-0.05, 0) is 32.0 Å². The molecule has 2 aliphatic rings. The third-order valence-corrected chi connectivity index (χ3v) is 6.16. The van der Waals surface area contributed by atoms with Gasteiger partial charge >= 0.3 is 18.2 Å². The van der Waals surface area contributed by atoms with Gasteiger partial charge in [0, 0.05) is 28.9 Å². The van der Waals surface area contributed by atoms with Crippen molar-refractivity contribution in [3.63, 3.8) is 0 Å². The molecule has 0 saturated heterocycles. The van der Waals surface area contributed by atoms with Crippen LogP contribution in [0.5, 0.6) is 0 Å². The first-order valence-electron chi connectivity index (χ1n) is 10.9. The van der Waals surface area contributed by atoms with Crippen LogP contribution in [0.25, 0.3) is 10.9 Å². The maximum absolute atomic E-state index is 13.6. The van der Waals surface area contributed by atoms with Crippen LogP contribution >= 0.6 is 11.6 Å². The number of benzene rings is 1. The Bertz CT molecular complexity index is 1340. The predicted molar refractivity (Wildman–Crippen MR) is 122 cm³/mol. The summed E-state index contributed by atoms with van der Waals surface area (Å²) in [6.07, 6.45) is -9.29. The number of carbonyl (C=O) groups is 2. The molecule has 0 fully saturated rings. The summed E-state index contributed by atoms with van der Waals surface area (Å²) in [5.74, 6) is -5.43. The largest absolute Gasteiger partial charge is 0.453 e. The summed E-state index contributed by atoms with van der Waals surface area (Å²) in [5.41, 5.74) is 5.09. The molecule has 5 N–H and O–H groups in total. The smallest absolute Gasteiger partial charge is 0.450 e. The predicted octanol–water partition coefficient (Wildman–Crippen LogP) is 2.76. The van der Waals surface area contributed by atoms with Crippen LogP contribution in [-0.2, 0) is 16.1 Å². The summed E-state index contributed by atoms with van der Waals surface area (Å²) in [7, 11) is 0. The van der Waals surface area contributed by atoms with E-state index in [-0.39, 0.29) is 40.1 Å². The Labute approximate surface area is 211 Å². The van der Waals surface area contributed by atoms with Crippen molar-refractivity contribution in [3.05, 3.63) is 40.3 Å². The van der Waals surface area contributed by atoms with Gasteiger partial charge in [-0.1, -0.05) is 11.6 Å². The fourth-order valence-corrected chi connectivity index (χ4v) is 4.24. The van der Waals surface area contributed by atoms with Crippen LogP contribution in [-0.4, -0.2) is 58.0 Å². The van der Waals surface area contributed by atoms with Crippen molar-refractivity contribution in [3.8, 4) is 0 Å². The zero-order valence-electron chi connectivity index (χ0n) is 19.3. The number of fused-ring (bicyclic) bond motifs is 1. The molecule has 10 nitrogen and oxygen atoms in total. The lowest BCUT2D eigenvalue weighted by Crippen LogP contribution is -2.56. The lowest BCUT2D eigenvalue weighted by molar-refractivity contribution is -0.285. The zero-order valence-corrected chi connectivity index (χ0v) is 20.1. The fraction of sp³-hybridized carbons (Fsp3) is 0.429. The van der Waals surface area contributed by atoms with Gasteiger partial charge in [-0.15, -0.1) is 0 Å². The molecule has 0 bridgehead atoms. The van der Waals surface area contributed by atoms with Gasteiger partial charge < -0.3 is 26.4 Å². The van der Waals surface area contributed by atoms with E-state index in [1.807, 2.05) is 0 Å². The van der Waals surface area contributed by atoms with Crippen LogP contribution in [0.15, 0.2) is 34.6 Å². The number of carbonyl (C=O) groups excluding carboxylic acids is 2. The van der Waals surface area contributed by atoms with Gasteiger partial charge in [0.1, 0.15) is 23.2 Å². The molecule has 200 valence electrons. The number of alkyl carbamates (subject to hydrolysis) is 1. The highest BCUT2D eigenvalue weighted by Crippen LogP contribution is 2.39. The van der Waals surface area contributed by atoms with Crippen LogP contribution in [0.3, 0.4) is 0 Å². The average molecular weight is 550 g/mol. The van der Waals surface area contributed by atoms with Crippen molar-refractivity contribution in [1.29, 1.82) is 0 Å². The standard InChI is InChI=1S/C21H21ClF5N7O3/c1-3-37-18(36)32-19(2)12-14(28)29-16(30-15(12)31-17(19)35)13-10-5-4-9(22)8-11(10)34(33-13)7-6-20(23,24)21(25,26)27/h4-5,8,14H,3,6-7,28H2,1-2H3,(H,29,30)(H,31,35)(H,32,36). The van der Waals surface area contributed by atoms with Crippen molar-refractivity contribution in [1.82, 2.24) is 25.7 Å². The maximum atomic E-state index is 13.6. The Kier molecular flexibility index (Phi) is 6.56. The Hall–Kier alpha value is -3.46. The molecule has 2 aliphatic heterocycles. The lowest BCUT2D eigenvalue weighted by atomic mass is 9.91. The third kappa shape index (κ3) is 4.68. The van der Waals surface area contributed by atoms with Gasteiger partial charge in [-0.25, -0.2) is 9.79 Å².